The Hall–Kier alpha value is -2.20. The third kappa shape index (κ3) is 3.03. The van der Waals surface area contributed by atoms with E-state index in [1.807, 2.05) is 0 Å². The summed E-state index contributed by atoms with van der Waals surface area (Å²) in [5.41, 5.74) is 0.917. The fraction of sp³-hybridized carbons (Fsp3) is 0.0667. The number of halogens is 2. The second-order valence-electron chi connectivity index (χ2n) is 4.18. The van der Waals surface area contributed by atoms with Crippen molar-refractivity contribution in [3.8, 4) is 0 Å². The number of nitrogens with one attached hydrogen (secondary N) is 1. The second-order valence-corrected chi connectivity index (χ2v) is 4.59. The van der Waals surface area contributed by atoms with Gasteiger partial charge in [-0.15, -0.1) is 0 Å². The lowest BCUT2D eigenvalue weighted by molar-refractivity contribution is 0.101. The summed E-state index contributed by atoms with van der Waals surface area (Å²) in [5.74, 6) is -1.34. The van der Waals surface area contributed by atoms with E-state index in [9.17, 15) is 14.0 Å². The van der Waals surface area contributed by atoms with Gasteiger partial charge in [-0.2, -0.15) is 0 Å². The predicted molar refractivity (Wildman–Crippen MR) is 75.8 cm³/mol. The molecule has 0 atom stereocenters. The van der Waals surface area contributed by atoms with Gasteiger partial charge in [-0.25, -0.2) is 4.39 Å². The lowest BCUT2D eigenvalue weighted by atomic mass is 10.1. The molecule has 3 nitrogen and oxygen atoms in total. The van der Waals surface area contributed by atoms with Crippen LogP contribution in [-0.2, 0) is 0 Å². The van der Waals surface area contributed by atoms with Crippen molar-refractivity contribution in [2.75, 3.05) is 5.32 Å². The number of para-hydroxylation sites is 1. The van der Waals surface area contributed by atoms with Crippen LogP contribution in [0.5, 0.6) is 0 Å². The minimum absolute atomic E-state index is 0.0503. The Morgan fingerprint density at radius 2 is 1.85 bits per heavy atom. The minimum Gasteiger partial charge on any atom is -0.321 e. The summed E-state index contributed by atoms with van der Waals surface area (Å²) in [6.07, 6.45) is 0. The van der Waals surface area contributed by atoms with Gasteiger partial charge < -0.3 is 5.32 Å². The number of carbonyl (C=O) groups is 2. The SMILES string of the molecule is CC(=O)c1ccccc1NC(=O)c1ccc(Cl)c(F)c1. The van der Waals surface area contributed by atoms with Crippen molar-refractivity contribution in [3.05, 3.63) is 64.4 Å². The highest BCUT2D eigenvalue weighted by atomic mass is 35.5. The van der Waals surface area contributed by atoms with Crippen molar-refractivity contribution in [1.29, 1.82) is 0 Å². The number of Topliss-reactive ketones (excluding diaryl/α,β-unsaturated/α-hetero) is 1. The van der Waals surface area contributed by atoms with Gasteiger partial charge in [-0.3, -0.25) is 9.59 Å². The third-order valence-corrected chi connectivity index (χ3v) is 3.04. The van der Waals surface area contributed by atoms with E-state index >= 15 is 0 Å². The van der Waals surface area contributed by atoms with Crippen LogP contribution >= 0.6 is 11.6 Å². The molecular weight excluding hydrogens is 281 g/mol. The summed E-state index contributed by atoms with van der Waals surface area (Å²) in [5, 5.41) is 2.54. The van der Waals surface area contributed by atoms with Gasteiger partial charge in [0.1, 0.15) is 5.82 Å². The Labute approximate surface area is 120 Å². The zero-order chi connectivity index (χ0) is 14.7. The first-order valence-corrected chi connectivity index (χ1v) is 6.23. The van der Waals surface area contributed by atoms with Crippen molar-refractivity contribution in [1.82, 2.24) is 0 Å². The molecular formula is C15H11ClFNO2. The van der Waals surface area contributed by atoms with Crippen molar-refractivity contribution >= 4 is 29.0 Å². The van der Waals surface area contributed by atoms with Gasteiger partial charge in [0.05, 0.1) is 10.7 Å². The van der Waals surface area contributed by atoms with Gasteiger partial charge in [0.15, 0.2) is 5.78 Å². The lowest BCUT2D eigenvalue weighted by Crippen LogP contribution is -2.14. The molecule has 0 saturated heterocycles. The highest BCUT2D eigenvalue weighted by Crippen LogP contribution is 2.19. The molecule has 0 aliphatic heterocycles. The standard InChI is InChI=1S/C15H11ClFNO2/c1-9(19)11-4-2-3-5-14(11)18-15(20)10-6-7-12(16)13(17)8-10/h2-8H,1H3,(H,18,20). The maximum atomic E-state index is 13.3. The summed E-state index contributed by atoms with van der Waals surface area (Å²) in [7, 11) is 0. The van der Waals surface area contributed by atoms with E-state index in [0.717, 1.165) is 6.07 Å². The Balaban J connectivity index is 2.28. The molecule has 20 heavy (non-hydrogen) atoms. The second kappa shape index (κ2) is 5.84. The smallest absolute Gasteiger partial charge is 0.255 e. The van der Waals surface area contributed by atoms with E-state index in [0.29, 0.717) is 11.3 Å². The van der Waals surface area contributed by atoms with E-state index in [-0.39, 0.29) is 16.4 Å². The normalized spacial score (nSPS) is 10.2. The molecule has 102 valence electrons. The van der Waals surface area contributed by atoms with Crippen LogP contribution in [0.1, 0.15) is 27.6 Å². The van der Waals surface area contributed by atoms with Crippen molar-refractivity contribution < 1.29 is 14.0 Å². The van der Waals surface area contributed by atoms with E-state index in [4.69, 9.17) is 11.6 Å². The Kier molecular flexibility index (Phi) is 4.15. The van der Waals surface area contributed by atoms with Crippen LogP contribution in [0.4, 0.5) is 10.1 Å². The van der Waals surface area contributed by atoms with Gasteiger partial charge in [0, 0.05) is 11.1 Å². The van der Waals surface area contributed by atoms with Crippen LogP contribution in [0.3, 0.4) is 0 Å². The van der Waals surface area contributed by atoms with Crippen LogP contribution in [-0.4, -0.2) is 11.7 Å². The number of ketones is 1. The highest BCUT2D eigenvalue weighted by molar-refractivity contribution is 6.30. The zero-order valence-electron chi connectivity index (χ0n) is 10.6. The van der Waals surface area contributed by atoms with Crippen LogP contribution in [0.15, 0.2) is 42.5 Å². The van der Waals surface area contributed by atoms with Crippen LogP contribution < -0.4 is 5.32 Å². The van der Waals surface area contributed by atoms with E-state index in [1.165, 1.54) is 19.1 Å². The van der Waals surface area contributed by atoms with E-state index in [1.54, 1.807) is 24.3 Å². The summed E-state index contributed by atoms with van der Waals surface area (Å²) in [6.45, 7) is 1.41. The summed E-state index contributed by atoms with van der Waals surface area (Å²) in [6, 6.07) is 10.4. The number of amides is 1. The highest BCUT2D eigenvalue weighted by Gasteiger charge is 2.12. The summed E-state index contributed by atoms with van der Waals surface area (Å²) >= 11 is 5.56. The average Bonchev–Trinajstić information content (AvgIpc) is 2.42. The van der Waals surface area contributed by atoms with Gasteiger partial charge >= 0.3 is 0 Å². The molecule has 0 spiro atoms. The fourth-order valence-corrected chi connectivity index (χ4v) is 1.85. The monoisotopic (exact) mass is 291 g/mol. The number of rotatable bonds is 3. The number of carbonyl (C=O) groups excluding carboxylic acids is 2. The molecule has 0 fully saturated rings. The molecule has 2 aromatic carbocycles. The molecule has 1 amide bonds. The molecule has 0 bridgehead atoms. The van der Waals surface area contributed by atoms with Crippen molar-refractivity contribution in [2.24, 2.45) is 0 Å². The topological polar surface area (TPSA) is 46.2 Å². The van der Waals surface area contributed by atoms with Crippen LogP contribution in [0.25, 0.3) is 0 Å². The van der Waals surface area contributed by atoms with Gasteiger partial charge in [-0.1, -0.05) is 23.7 Å². The largest absolute Gasteiger partial charge is 0.321 e. The molecule has 0 aromatic heterocycles. The number of hydrogen-bond acceptors (Lipinski definition) is 2. The average molecular weight is 292 g/mol. The van der Waals surface area contributed by atoms with Crippen molar-refractivity contribution in [2.45, 2.75) is 6.92 Å². The maximum Gasteiger partial charge on any atom is 0.255 e. The molecule has 0 aliphatic rings. The molecule has 5 heteroatoms. The Morgan fingerprint density at radius 3 is 2.50 bits per heavy atom. The minimum atomic E-state index is -0.667. The Bertz CT molecular complexity index is 685. The summed E-state index contributed by atoms with van der Waals surface area (Å²) < 4.78 is 13.3. The molecule has 0 radical (unpaired) electrons. The molecule has 0 saturated carbocycles. The fourth-order valence-electron chi connectivity index (χ4n) is 1.73. The Morgan fingerprint density at radius 1 is 1.15 bits per heavy atom. The summed E-state index contributed by atoms with van der Waals surface area (Å²) in [4.78, 5) is 23.5. The predicted octanol–water partition coefficient (Wildman–Crippen LogP) is 3.93. The molecule has 1 N–H and O–H groups in total. The lowest BCUT2D eigenvalue weighted by Gasteiger charge is -2.09. The number of benzene rings is 2. The molecule has 0 aliphatic carbocycles. The zero-order valence-corrected chi connectivity index (χ0v) is 11.4. The molecule has 0 heterocycles. The quantitative estimate of drug-likeness (QED) is 0.871. The van der Waals surface area contributed by atoms with Crippen molar-refractivity contribution in [3.63, 3.8) is 0 Å². The first-order valence-electron chi connectivity index (χ1n) is 5.85. The maximum absolute atomic E-state index is 13.3. The van der Waals surface area contributed by atoms with Gasteiger partial charge in [0.25, 0.3) is 5.91 Å². The van der Waals surface area contributed by atoms with Gasteiger partial charge in [0.2, 0.25) is 0 Å². The molecule has 2 aromatic rings. The first-order chi connectivity index (χ1) is 9.49. The van der Waals surface area contributed by atoms with E-state index < -0.39 is 11.7 Å². The van der Waals surface area contributed by atoms with Gasteiger partial charge in [-0.05, 0) is 37.3 Å². The first kappa shape index (κ1) is 14.2. The molecule has 0 unspecified atom stereocenters. The van der Waals surface area contributed by atoms with Crippen LogP contribution in [0.2, 0.25) is 5.02 Å². The number of anilines is 1. The molecule has 2 rings (SSSR count). The number of hydrogen-bond donors (Lipinski definition) is 1. The van der Waals surface area contributed by atoms with E-state index in [2.05, 4.69) is 5.32 Å². The third-order valence-electron chi connectivity index (χ3n) is 2.74. The van der Waals surface area contributed by atoms with Crippen LogP contribution in [0, 0.1) is 5.82 Å².